The van der Waals surface area contributed by atoms with Crippen molar-refractivity contribution in [3.8, 4) is 11.8 Å². The molecule has 0 saturated heterocycles. The number of nitrogens with zero attached hydrogens (tertiary/aromatic N) is 2. The summed E-state index contributed by atoms with van der Waals surface area (Å²) in [5.41, 5.74) is 2.17. The summed E-state index contributed by atoms with van der Waals surface area (Å²) in [6.45, 7) is 1.65. The molecule has 1 amide bonds. The van der Waals surface area contributed by atoms with E-state index >= 15 is 0 Å². The summed E-state index contributed by atoms with van der Waals surface area (Å²) in [6.07, 6.45) is -0.698. The van der Waals surface area contributed by atoms with E-state index in [0.29, 0.717) is 17.3 Å². The minimum absolute atomic E-state index is 0.312. The van der Waals surface area contributed by atoms with Crippen molar-refractivity contribution < 1.29 is 9.53 Å². The molecule has 1 aromatic heterocycles. The van der Waals surface area contributed by atoms with Gasteiger partial charge in [-0.15, -0.1) is 0 Å². The number of carbonyl (C=O) groups excluding carboxylic acids is 1. The smallest absolute Gasteiger partial charge is 0.267 e. The largest absolute Gasteiger partial charge is 0.481 e. The average molecular weight is 306 g/mol. The fourth-order valence-electron chi connectivity index (χ4n) is 2.10. The Kier molecular flexibility index (Phi) is 3.93. The van der Waals surface area contributed by atoms with Crippen molar-refractivity contribution in [2.24, 2.45) is 0 Å². The van der Waals surface area contributed by atoms with E-state index in [0.717, 1.165) is 11.0 Å². The van der Waals surface area contributed by atoms with Gasteiger partial charge >= 0.3 is 0 Å². The van der Waals surface area contributed by atoms with Gasteiger partial charge in [0.25, 0.3) is 5.91 Å². The molecule has 6 heteroatoms. The zero-order valence-electron chi connectivity index (χ0n) is 12.4. The van der Waals surface area contributed by atoms with Crippen molar-refractivity contribution in [1.82, 2.24) is 9.97 Å². The molecular formula is C17H14N4O2. The predicted octanol–water partition coefficient (Wildman–Crippen LogP) is 2.84. The van der Waals surface area contributed by atoms with Crippen LogP contribution in [0.5, 0.6) is 5.75 Å². The van der Waals surface area contributed by atoms with Crippen molar-refractivity contribution in [1.29, 1.82) is 5.26 Å². The van der Waals surface area contributed by atoms with Crippen molar-refractivity contribution in [2.45, 2.75) is 13.0 Å². The lowest BCUT2D eigenvalue weighted by atomic mass is 10.2. The van der Waals surface area contributed by atoms with Gasteiger partial charge in [0, 0.05) is 0 Å². The summed E-state index contributed by atoms with van der Waals surface area (Å²) >= 11 is 0. The first kappa shape index (κ1) is 14.6. The average Bonchev–Trinajstić information content (AvgIpc) is 2.97. The van der Waals surface area contributed by atoms with Crippen molar-refractivity contribution >= 4 is 22.9 Å². The Morgan fingerprint density at radius 3 is 2.70 bits per heavy atom. The molecule has 1 atom stereocenters. The number of nitrogens with one attached hydrogen (secondary N) is 2. The van der Waals surface area contributed by atoms with Crippen LogP contribution < -0.4 is 10.1 Å². The normalized spacial score (nSPS) is 11.7. The van der Waals surface area contributed by atoms with Crippen LogP contribution in [0.3, 0.4) is 0 Å². The van der Waals surface area contributed by atoms with Gasteiger partial charge in [-0.05, 0) is 43.3 Å². The molecule has 0 fully saturated rings. The van der Waals surface area contributed by atoms with E-state index in [2.05, 4.69) is 15.3 Å². The van der Waals surface area contributed by atoms with E-state index in [4.69, 9.17) is 10.00 Å². The number of amides is 1. The van der Waals surface area contributed by atoms with Gasteiger partial charge in [-0.1, -0.05) is 12.1 Å². The number of nitriles is 1. The second kappa shape index (κ2) is 6.20. The first-order chi connectivity index (χ1) is 11.2. The molecule has 0 radical (unpaired) electrons. The van der Waals surface area contributed by atoms with Crippen LogP contribution in [0.1, 0.15) is 12.5 Å². The van der Waals surface area contributed by atoms with E-state index in [9.17, 15) is 4.79 Å². The fraction of sp³-hybridized carbons (Fsp3) is 0.118. The summed E-state index contributed by atoms with van der Waals surface area (Å²) in [6, 6.07) is 16.1. The van der Waals surface area contributed by atoms with Gasteiger partial charge in [0.1, 0.15) is 5.75 Å². The SMILES string of the molecule is C[C@@H](Oc1ccc(C#N)cc1)C(=O)Nc1nc2ccccc2[nH]1. The number of fused-ring (bicyclic) bond motifs is 1. The minimum atomic E-state index is -0.698. The van der Waals surface area contributed by atoms with Crippen LogP contribution >= 0.6 is 0 Å². The molecule has 0 aliphatic carbocycles. The Hall–Kier alpha value is -3.33. The number of hydrogen-bond acceptors (Lipinski definition) is 4. The van der Waals surface area contributed by atoms with Crippen molar-refractivity contribution in [2.75, 3.05) is 5.32 Å². The monoisotopic (exact) mass is 306 g/mol. The molecule has 0 bridgehead atoms. The number of imidazole rings is 1. The van der Waals surface area contributed by atoms with Crippen molar-refractivity contribution in [3.05, 3.63) is 54.1 Å². The number of rotatable bonds is 4. The zero-order chi connectivity index (χ0) is 16.2. The van der Waals surface area contributed by atoms with Crippen LogP contribution in [0.25, 0.3) is 11.0 Å². The predicted molar refractivity (Wildman–Crippen MR) is 86.0 cm³/mol. The van der Waals surface area contributed by atoms with Gasteiger partial charge in [-0.2, -0.15) is 5.26 Å². The number of aromatic amines is 1. The van der Waals surface area contributed by atoms with Gasteiger partial charge in [-0.25, -0.2) is 4.98 Å². The lowest BCUT2D eigenvalue weighted by Crippen LogP contribution is -2.30. The highest BCUT2D eigenvalue weighted by Gasteiger charge is 2.16. The number of anilines is 1. The van der Waals surface area contributed by atoms with Crippen LogP contribution in [0.15, 0.2) is 48.5 Å². The molecule has 3 rings (SSSR count). The van der Waals surface area contributed by atoms with E-state index in [-0.39, 0.29) is 5.91 Å². The molecule has 0 aliphatic heterocycles. The van der Waals surface area contributed by atoms with Gasteiger partial charge < -0.3 is 9.72 Å². The standard InChI is InChI=1S/C17H14N4O2/c1-11(23-13-8-6-12(10-18)7-9-13)16(22)21-17-19-14-4-2-3-5-15(14)20-17/h2-9,11H,1H3,(H2,19,20,21,22)/t11-/m1/s1. The third kappa shape index (κ3) is 3.30. The molecule has 0 saturated carbocycles. The maximum atomic E-state index is 12.2. The highest BCUT2D eigenvalue weighted by Crippen LogP contribution is 2.16. The fourth-order valence-corrected chi connectivity index (χ4v) is 2.10. The Bertz CT molecular complexity index is 844. The maximum Gasteiger partial charge on any atom is 0.267 e. The van der Waals surface area contributed by atoms with E-state index < -0.39 is 6.10 Å². The number of H-pyrrole nitrogens is 1. The number of ether oxygens (including phenoxy) is 1. The quantitative estimate of drug-likeness (QED) is 0.775. The molecule has 0 aliphatic rings. The third-order valence-corrected chi connectivity index (χ3v) is 3.30. The third-order valence-electron chi connectivity index (χ3n) is 3.30. The number of benzene rings is 2. The van der Waals surface area contributed by atoms with Gasteiger partial charge in [0.15, 0.2) is 6.10 Å². The number of hydrogen-bond donors (Lipinski definition) is 2. The minimum Gasteiger partial charge on any atom is -0.481 e. The first-order valence-electron chi connectivity index (χ1n) is 7.08. The number of aromatic nitrogens is 2. The van der Waals surface area contributed by atoms with Crippen LogP contribution in [0.2, 0.25) is 0 Å². The van der Waals surface area contributed by atoms with Gasteiger partial charge in [0.05, 0.1) is 22.7 Å². The van der Waals surface area contributed by atoms with Crippen LogP contribution in [0.4, 0.5) is 5.95 Å². The molecule has 2 N–H and O–H groups in total. The molecule has 114 valence electrons. The van der Waals surface area contributed by atoms with Crippen LogP contribution in [-0.2, 0) is 4.79 Å². The molecule has 6 nitrogen and oxygen atoms in total. The first-order valence-corrected chi connectivity index (χ1v) is 7.08. The summed E-state index contributed by atoms with van der Waals surface area (Å²) in [5.74, 6) is 0.594. The number of carbonyl (C=O) groups is 1. The second-order valence-electron chi connectivity index (χ2n) is 4.99. The zero-order valence-corrected chi connectivity index (χ0v) is 12.4. The Balaban J connectivity index is 1.65. The molecule has 2 aromatic carbocycles. The molecule has 1 heterocycles. The Morgan fingerprint density at radius 1 is 1.26 bits per heavy atom. The second-order valence-corrected chi connectivity index (χ2v) is 4.99. The Morgan fingerprint density at radius 2 is 2.00 bits per heavy atom. The highest BCUT2D eigenvalue weighted by atomic mass is 16.5. The maximum absolute atomic E-state index is 12.2. The number of para-hydroxylation sites is 2. The molecule has 3 aromatic rings. The molecule has 0 spiro atoms. The summed E-state index contributed by atoms with van der Waals surface area (Å²) in [5, 5.41) is 11.4. The topological polar surface area (TPSA) is 90.8 Å². The van der Waals surface area contributed by atoms with Gasteiger partial charge in [0.2, 0.25) is 5.95 Å². The molecule has 0 unspecified atom stereocenters. The lowest BCUT2D eigenvalue weighted by molar-refractivity contribution is -0.122. The molecule has 23 heavy (non-hydrogen) atoms. The van der Waals surface area contributed by atoms with E-state index in [1.807, 2.05) is 30.3 Å². The van der Waals surface area contributed by atoms with E-state index in [1.54, 1.807) is 31.2 Å². The summed E-state index contributed by atoms with van der Waals surface area (Å²) in [7, 11) is 0. The van der Waals surface area contributed by atoms with E-state index in [1.165, 1.54) is 0 Å². The van der Waals surface area contributed by atoms with Crippen LogP contribution in [-0.4, -0.2) is 22.0 Å². The van der Waals surface area contributed by atoms with Gasteiger partial charge in [-0.3, -0.25) is 10.1 Å². The lowest BCUT2D eigenvalue weighted by Gasteiger charge is -2.13. The summed E-state index contributed by atoms with van der Waals surface area (Å²) < 4.78 is 5.56. The Labute approximate surface area is 132 Å². The van der Waals surface area contributed by atoms with Crippen LogP contribution in [0, 0.1) is 11.3 Å². The highest BCUT2D eigenvalue weighted by molar-refractivity contribution is 5.94. The van der Waals surface area contributed by atoms with Crippen molar-refractivity contribution in [3.63, 3.8) is 0 Å². The molecular weight excluding hydrogens is 292 g/mol. The summed E-state index contributed by atoms with van der Waals surface area (Å²) in [4.78, 5) is 19.5.